The Labute approximate surface area is 113 Å². The predicted octanol–water partition coefficient (Wildman–Crippen LogP) is 3.19. The summed E-state index contributed by atoms with van der Waals surface area (Å²) in [7, 11) is 0. The first-order chi connectivity index (χ1) is 9.20. The fraction of sp³-hybridized carbons (Fsp3) is 0.333. The van der Waals surface area contributed by atoms with Crippen LogP contribution in [0.25, 0.3) is 0 Å². The second kappa shape index (κ2) is 4.53. The van der Waals surface area contributed by atoms with Crippen molar-refractivity contribution in [2.45, 2.75) is 33.0 Å². The van der Waals surface area contributed by atoms with E-state index in [9.17, 15) is 0 Å². The molecule has 1 aliphatic heterocycles. The molecule has 1 aliphatic rings. The number of rotatable bonds is 2. The minimum Gasteiger partial charge on any atom is -0.330 e. The molecule has 3 rings (SSSR count). The molecule has 2 aromatic rings. The van der Waals surface area contributed by atoms with Gasteiger partial charge in [0.25, 0.3) is 0 Å². The molecule has 1 aromatic heterocycles. The summed E-state index contributed by atoms with van der Waals surface area (Å²) in [6, 6.07) is 10.7. The van der Waals surface area contributed by atoms with Crippen LogP contribution in [0.1, 0.15) is 20.8 Å². The topological polar surface area (TPSA) is 32.3 Å². The van der Waals surface area contributed by atoms with E-state index < -0.39 is 0 Å². The van der Waals surface area contributed by atoms with Crippen molar-refractivity contribution in [3.8, 4) is 0 Å². The Kier molecular flexibility index (Phi) is 2.85. The van der Waals surface area contributed by atoms with Crippen molar-refractivity contribution in [1.82, 2.24) is 9.97 Å². The largest absolute Gasteiger partial charge is 0.330 e. The highest BCUT2D eigenvalue weighted by Gasteiger charge is 2.37. The summed E-state index contributed by atoms with van der Waals surface area (Å²) in [5.74, 6) is 1.91. The lowest BCUT2D eigenvalue weighted by molar-refractivity contribution is 0.601. The van der Waals surface area contributed by atoms with Gasteiger partial charge in [0.1, 0.15) is 6.17 Å². The molecule has 19 heavy (non-hydrogen) atoms. The average molecular weight is 254 g/mol. The van der Waals surface area contributed by atoms with Crippen molar-refractivity contribution in [1.29, 1.82) is 0 Å². The molecule has 0 radical (unpaired) electrons. The van der Waals surface area contributed by atoms with Gasteiger partial charge in [-0.1, -0.05) is 18.2 Å². The van der Waals surface area contributed by atoms with E-state index in [1.165, 1.54) is 0 Å². The van der Waals surface area contributed by atoms with Crippen molar-refractivity contribution in [3.63, 3.8) is 0 Å². The van der Waals surface area contributed by atoms with Crippen LogP contribution in [0.5, 0.6) is 0 Å². The van der Waals surface area contributed by atoms with Crippen molar-refractivity contribution < 1.29 is 0 Å². The Bertz CT molecular complexity index is 567. The van der Waals surface area contributed by atoms with Crippen molar-refractivity contribution in [2.24, 2.45) is 0 Å². The highest BCUT2D eigenvalue weighted by molar-refractivity contribution is 5.77. The summed E-state index contributed by atoms with van der Waals surface area (Å²) in [5.41, 5.74) is 1.15. The van der Waals surface area contributed by atoms with Gasteiger partial charge in [-0.25, -0.2) is 9.97 Å². The van der Waals surface area contributed by atoms with E-state index in [0.717, 1.165) is 17.3 Å². The third-order valence-corrected chi connectivity index (χ3v) is 3.50. The van der Waals surface area contributed by atoms with Crippen LogP contribution in [0.3, 0.4) is 0 Å². The van der Waals surface area contributed by atoms with Gasteiger partial charge in [0.15, 0.2) is 11.6 Å². The molecule has 0 spiro atoms. The van der Waals surface area contributed by atoms with Gasteiger partial charge in [-0.05, 0) is 32.9 Å². The SMILES string of the molecule is CC(C)N1c2nccnc2N(c2ccccc2)C1C. The maximum atomic E-state index is 4.52. The average Bonchev–Trinajstić information content (AvgIpc) is 2.71. The zero-order chi connectivity index (χ0) is 13.4. The van der Waals surface area contributed by atoms with E-state index in [0.29, 0.717) is 6.04 Å². The zero-order valence-electron chi connectivity index (χ0n) is 11.5. The van der Waals surface area contributed by atoms with E-state index >= 15 is 0 Å². The fourth-order valence-corrected chi connectivity index (χ4v) is 2.76. The Morgan fingerprint density at radius 2 is 1.63 bits per heavy atom. The summed E-state index contributed by atoms with van der Waals surface area (Å²) >= 11 is 0. The van der Waals surface area contributed by atoms with Crippen LogP contribution in [0.4, 0.5) is 17.3 Å². The summed E-state index contributed by atoms with van der Waals surface area (Å²) in [4.78, 5) is 13.6. The van der Waals surface area contributed by atoms with Crippen molar-refractivity contribution in [2.75, 3.05) is 9.80 Å². The first kappa shape index (κ1) is 12.0. The smallest absolute Gasteiger partial charge is 0.178 e. The molecular formula is C15H18N4. The van der Waals surface area contributed by atoms with E-state index in [-0.39, 0.29) is 6.17 Å². The molecule has 4 nitrogen and oxygen atoms in total. The third kappa shape index (κ3) is 1.84. The number of aromatic nitrogens is 2. The second-order valence-electron chi connectivity index (χ2n) is 5.04. The van der Waals surface area contributed by atoms with Crippen LogP contribution in [-0.4, -0.2) is 22.2 Å². The second-order valence-corrected chi connectivity index (χ2v) is 5.04. The molecule has 0 bridgehead atoms. The van der Waals surface area contributed by atoms with E-state index in [1.807, 2.05) is 6.07 Å². The standard InChI is InChI=1S/C15H18N4/c1-11(2)18-12(3)19(13-7-5-4-6-8-13)15-14(18)16-9-10-17-15/h4-12H,1-3H3. The molecule has 2 heterocycles. The van der Waals surface area contributed by atoms with Crippen LogP contribution in [0, 0.1) is 0 Å². The van der Waals surface area contributed by atoms with Crippen LogP contribution in [0.15, 0.2) is 42.7 Å². The molecule has 0 fully saturated rings. The number of hydrogen-bond donors (Lipinski definition) is 0. The Morgan fingerprint density at radius 3 is 2.26 bits per heavy atom. The molecule has 1 atom stereocenters. The van der Waals surface area contributed by atoms with Gasteiger partial charge in [-0.2, -0.15) is 0 Å². The zero-order valence-corrected chi connectivity index (χ0v) is 11.5. The molecule has 0 saturated heterocycles. The Morgan fingerprint density at radius 1 is 1.00 bits per heavy atom. The minimum atomic E-state index is 0.222. The van der Waals surface area contributed by atoms with E-state index in [4.69, 9.17) is 0 Å². The molecule has 0 saturated carbocycles. The molecule has 1 unspecified atom stereocenters. The number of para-hydroxylation sites is 1. The lowest BCUT2D eigenvalue weighted by Gasteiger charge is -2.31. The maximum absolute atomic E-state index is 4.52. The highest BCUT2D eigenvalue weighted by Crippen LogP contribution is 2.41. The van der Waals surface area contributed by atoms with Gasteiger partial charge in [-0.15, -0.1) is 0 Å². The van der Waals surface area contributed by atoms with Gasteiger partial charge in [0.05, 0.1) is 0 Å². The molecule has 98 valence electrons. The quantitative estimate of drug-likeness (QED) is 0.824. The fourth-order valence-electron chi connectivity index (χ4n) is 2.76. The van der Waals surface area contributed by atoms with Crippen LogP contribution < -0.4 is 9.80 Å². The van der Waals surface area contributed by atoms with Crippen LogP contribution >= 0.6 is 0 Å². The summed E-state index contributed by atoms with van der Waals surface area (Å²) < 4.78 is 0. The number of hydrogen-bond acceptors (Lipinski definition) is 4. The summed E-state index contributed by atoms with van der Waals surface area (Å²) in [6.07, 6.45) is 3.74. The number of anilines is 3. The molecular weight excluding hydrogens is 236 g/mol. The third-order valence-electron chi connectivity index (χ3n) is 3.50. The summed E-state index contributed by atoms with van der Waals surface area (Å²) in [5, 5.41) is 0. The lowest BCUT2D eigenvalue weighted by Crippen LogP contribution is -2.42. The van der Waals surface area contributed by atoms with Gasteiger partial charge < -0.3 is 9.80 Å². The molecule has 0 N–H and O–H groups in total. The molecule has 0 aliphatic carbocycles. The first-order valence-electron chi connectivity index (χ1n) is 6.64. The first-order valence-corrected chi connectivity index (χ1v) is 6.64. The molecule has 0 amide bonds. The number of nitrogens with zero attached hydrogens (tertiary/aromatic N) is 4. The maximum Gasteiger partial charge on any atom is 0.178 e. The normalized spacial score (nSPS) is 18.0. The monoisotopic (exact) mass is 254 g/mol. The predicted molar refractivity (Wildman–Crippen MR) is 77.7 cm³/mol. The van der Waals surface area contributed by atoms with Crippen LogP contribution in [-0.2, 0) is 0 Å². The Balaban J connectivity index is 2.12. The number of benzene rings is 1. The van der Waals surface area contributed by atoms with E-state index in [2.05, 4.69) is 64.8 Å². The van der Waals surface area contributed by atoms with Crippen molar-refractivity contribution in [3.05, 3.63) is 42.7 Å². The highest BCUT2D eigenvalue weighted by atomic mass is 15.5. The van der Waals surface area contributed by atoms with Gasteiger partial charge >= 0.3 is 0 Å². The van der Waals surface area contributed by atoms with Gasteiger partial charge in [0.2, 0.25) is 0 Å². The van der Waals surface area contributed by atoms with E-state index in [1.54, 1.807) is 12.4 Å². The molecule has 4 heteroatoms. The lowest BCUT2D eigenvalue weighted by atomic mass is 10.2. The summed E-state index contributed by atoms with van der Waals surface area (Å²) in [6.45, 7) is 6.56. The Hall–Kier alpha value is -2.10. The minimum absolute atomic E-state index is 0.222. The van der Waals surface area contributed by atoms with Crippen LogP contribution in [0.2, 0.25) is 0 Å². The van der Waals surface area contributed by atoms with Gasteiger partial charge in [-0.3, -0.25) is 0 Å². The van der Waals surface area contributed by atoms with Crippen molar-refractivity contribution >= 4 is 17.3 Å². The van der Waals surface area contributed by atoms with Gasteiger partial charge in [0, 0.05) is 24.1 Å². The number of fused-ring (bicyclic) bond motifs is 1. The molecule has 1 aromatic carbocycles.